The molecule has 0 radical (unpaired) electrons. The lowest BCUT2D eigenvalue weighted by molar-refractivity contribution is 0.0778. The highest BCUT2D eigenvalue weighted by molar-refractivity contribution is 5.65. The van der Waals surface area contributed by atoms with Crippen LogP contribution in [-0.4, -0.2) is 30.5 Å². The van der Waals surface area contributed by atoms with E-state index in [-0.39, 0.29) is 5.92 Å². The zero-order chi connectivity index (χ0) is 21.3. The fourth-order valence-electron chi connectivity index (χ4n) is 3.37. The van der Waals surface area contributed by atoms with E-state index in [1.807, 2.05) is 63.2 Å². The largest absolute Gasteiger partial charge is 0.493 e. The van der Waals surface area contributed by atoms with Crippen LogP contribution >= 0.6 is 0 Å². The molecule has 6 heteroatoms. The van der Waals surface area contributed by atoms with Gasteiger partial charge in [-0.25, -0.2) is 0 Å². The van der Waals surface area contributed by atoms with Crippen LogP contribution < -0.4 is 9.47 Å². The molecule has 1 saturated heterocycles. The first-order valence-corrected chi connectivity index (χ1v) is 10.5. The lowest BCUT2D eigenvalue weighted by Crippen LogP contribution is -2.14. The van der Waals surface area contributed by atoms with Crippen LogP contribution in [0.4, 0.5) is 0 Å². The third-order valence-electron chi connectivity index (χ3n) is 5.00. The van der Waals surface area contributed by atoms with Gasteiger partial charge in [0.2, 0.25) is 11.7 Å². The lowest BCUT2D eigenvalue weighted by Gasteiger charge is -2.18. The maximum atomic E-state index is 5.98. The molecule has 160 valence electrons. The highest BCUT2D eigenvalue weighted by atomic mass is 16.5. The molecule has 0 amide bonds. The maximum Gasteiger partial charge on any atom is 0.230 e. The molecule has 30 heavy (non-hydrogen) atoms. The number of aromatic nitrogens is 2. The number of hydrogen-bond donors (Lipinski definition) is 0. The van der Waals surface area contributed by atoms with Crippen LogP contribution in [0, 0.1) is 6.92 Å². The number of ether oxygens (including phenoxy) is 3. The lowest BCUT2D eigenvalue weighted by atomic mass is 10.0. The molecule has 0 bridgehead atoms. The fraction of sp³-hybridized carbons (Fsp3) is 0.417. The Morgan fingerprint density at radius 2 is 1.77 bits per heavy atom. The minimum Gasteiger partial charge on any atom is -0.493 e. The standard InChI is InChI=1S/C22H24N2O4.C2H6/c1-15-12-20(27-14-16-6-4-3-5-7-16)19(25-2)13-18(15)21-23-22(28-24-21)17-8-10-26-11-9-17;1-2/h3-7,12-13,17H,8-11,14H2,1-2H3;1-2H3. The second kappa shape index (κ2) is 10.8. The van der Waals surface area contributed by atoms with Gasteiger partial charge in [0.05, 0.1) is 7.11 Å². The van der Waals surface area contributed by atoms with Gasteiger partial charge < -0.3 is 18.7 Å². The van der Waals surface area contributed by atoms with Gasteiger partial charge in [-0.15, -0.1) is 0 Å². The number of methoxy groups -OCH3 is 1. The fourth-order valence-corrected chi connectivity index (χ4v) is 3.37. The molecule has 0 aliphatic carbocycles. The minimum atomic E-state index is 0.269. The maximum absolute atomic E-state index is 5.98. The first kappa shape index (κ1) is 21.8. The summed E-state index contributed by atoms with van der Waals surface area (Å²) >= 11 is 0. The second-order valence-corrected chi connectivity index (χ2v) is 6.94. The van der Waals surface area contributed by atoms with Gasteiger partial charge in [0.25, 0.3) is 0 Å². The molecule has 4 rings (SSSR count). The van der Waals surface area contributed by atoms with Crippen molar-refractivity contribution in [2.75, 3.05) is 20.3 Å². The summed E-state index contributed by atoms with van der Waals surface area (Å²) in [6.45, 7) is 7.96. The van der Waals surface area contributed by atoms with Crippen molar-refractivity contribution < 1.29 is 18.7 Å². The first-order chi connectivity index (χ1) is 14.7. The summed E-state index contributed by atoms with van der Waals surface area (Å²) in [4.78, 5) is 4.63. The summed E-state index contributed by atoms with van der Waals surface area (Å²) in [7, 11) is 1.63. The molecule has 2 heterocycles. The Morgan fingerprint density at radius 3 is 2.47 bits per heavy atom. The SMILES string of the molecule is CC.COc1cc(-c2noc(C3CCOCC3)n2)c(C)cc1OCc1ccccc1. The Kier molecular flexibility index (Phi) is 7.85. The molecule has 0 unspecified atom stereocenters. The molecule has 1 aliphatic rings. The molecule has 0 atom stereocenters. The van der Waals surface area contributed by atoms with E-state index < -0.39 is 0 Å². The van der Waals surface area contributed by atoms with Gasteiger partial charge in [0, 0.05) is 24.7 Å². The van der Waals surface area contributed by atoms with Crippen LogP contribution in [0.5, 0.6) is 11.5 Å². The molecule has 0 spiro atoms. The van der Waals surface area contributed by atoms with Gasteiger partial charge in [-0.3, -0.25) is 0 Å². The molecule has 2 aromatic carbocycles. The summed E-state index contributed by atoms with van der Waals surface area (Å²) in [6, 6.07) is 13.9. The molecule has 3 aromatic rings. The number of benzene rings is 2. The van der Waals surface area contributed by atoms with Gasteiger partial charge in [0.1, 0.15) is 6.61 Å². The van der Waals surface area contributed by atoms with Gasteiger partial charge in [-0.05, 0) is 43.0 Å². The number of aryl methyl sites for hydroxylation is 1. The summed E-state index contributed by atoms with van der Waals surface area (Å²) in [5, 5.41) is 4.20. The molecule has 6 nitrogen and oxygen atoms in total. The van der Waals surface area contributed by atoms with Gasteiger partial charge in [-0.1, -0.05) is 49.3 Å². The normalized spacial score (nSPS) is 14.0. The van der Waals surface area contributed by atoms with Crippen molar-refractivity contribution in [1.82, 2.24) is 10.1 Å². The molecular weight excluding hydrogens is 380 g/mol. The summed E-state index contributed by atoms with van der Waals surface area (Å²) in [5.41, 5.74) is 2.99. The van der Waals surface area contributed by atoms with Crippen LogP contribution in [0.25, 0.3) is 11.4 Å². The van der Waals surface area contributed by atoms with Gasteiger partial charge in [-0.2, -0.15) is 4.98 Å². The van der Waals surface area contributed by atoms with E-state index in [1.54, 1.807) is 7.11 Å². The highest BCUT2D eigenvalue weighted by Gasteiger charge is 2.23. The van der Waals surface area contributed by atoms with Crippen LogP contribution in [-0.2, 0) is 11.3 Å². The van der Waals surface area contributed by atoms with Crippen LogP contribution in [0.2, 0.25) is 0 Å². The first-order valence-electron chi connectivity index (χ1n) is 10.5. The summed E-state index contributed by atoms with van der Waals surface area (Å²) < 4.78 is 22.5. The Labute approximate surface area is 178 Å². The third-order valence-corrected chi connectivity index (χ3v) is 5.00. The highest BCUT2D eigenvalue weighted by Crippen LogP contribution is 2.36. The van der Waals surface area contributed by atoms with Gasteiger partial charge >= 0.3 is 0 Å². The number of rotatable bonds is 6. The van der Waals surface area contributed by atoms with Crippen LogP contribution in [0.1, 0.15) is 49.6 Å². The Hall–Kier alpha value is -2.86. The zero-order valence-corrected chi connectivity index (χ0v) is 18.2. The Balaban J connectivity index is 0.00000124. The van der Waals surface area contributed by atoms with Crippen LogP contribution in [0.3, 0.4) is 0 Å². The zero-order valence-electron chi connectivity index (χ0n) is 18.2. The van der Waals surface area contributed by atoms with Crippen molar-refractivity contribution in [2.24, 2.45) is 0 Å². The quantitative estimate of drug-likeness (QED) is 0.530. The predicted octanol–water partition coefficient (Wildman–Crippen LogP) is 5.55. The summed E-state index contributed by atoms with van der Waals surface area (Å²) in [6.07, 6.45) is 1.83. The van der Waals surface area contributed by atoms with E-state index in [0.717, 1.165) is 42.7 Å². The van der Waals surface area contributed by atoms with Crippen molar-refractivity contribution in [3.8, 4) is 22.9 Å². The predicted molar refractivity (Wildman–Crippen MR) is 116 cm³/mol. The molecule has 1 fully saturated rings. The van der Waals surface area contributed by atoms with E-state index >= 15 is 0 Å². The average Bonchev–Trinajstić information content (AvgIpc) is 3.30. The van der Waals surface area contributed by atoms with E-state index in [9.17, 15) is 0 Å². The monoisotopic (exact) mass is 410 g/mol. The Morgan fingerprint density at radius 1 is 1.03 bits per heavy atom. The molecule has 1 aliphatic heterocycles. The van der Waals surface area contributed by atoms with Gasteiger partial charge in [0.15, 0.2) is 11.5 Å². The number of nitrogens with zero attached hydrogens (tertiary/aromatic N) is 2. The van der Waals surface area contributed by atoms with E-state index in [2.05, 4.69) is 10.1 Å². The van der Waals surface area contributed by atoms with Crippen molar-refractivity contribution in [3.05, 3.63) is 59.5 Å². The number of hydrogen-bond acceptors (Lipinski definition) is 6. The smallest absolute Gasteiger partial charge is 0.230 e. The Bertz CT molecular complexity index is 918. The van der Waals surface area contributed by atoms with Crippen molar-refractivity contribution in [2.45, 2.75) is 46.1 Å². The van der Waals surface area contributed by atoms with E-state index in [0.29, 0.717) is 29.8 Å². The van der Waals surface area contributed by atoms with E-state index in [1.165, 1.54) is 0 Å². The molecular formula is C24H30N2O4. The third kappa shape index (κ3) is 5.19. The second-order valence-electron chi connectivity index (χ2n) is 6.94. The average molecular weight is 411 g/mol. The summed E-state index contributed by atoms with van der Waals surface area (Å²) in [5.74, 6) is 2.87. The molecule has 0 saturated carbocycles. The van der Waals surface area contributed by atoms with Crippen molar-refractivity contribution in [3.63, 3.8) is 0 Å². The van der Waals surface area contributed by atoms with Crippen molar-refractivity contribution >= 4 is 0 Å². The molecule has 0 N–H and O–H groups in total. The minimum absolute atomic E-state index is 0.269. The van der Waals surface area contributed by atoms with Crippen molar-refractivity contribution in [1.29, 1.82) is 0 Å². The van der Waals surface area contributed by atoms with Crippen LogP contribution in [0.15, 0.2) is 47.0 Å². The van der Waals surface area contributed by atoms with E-state index in [4.69, 9.17) is 18.7 Å². The topological polar surface area (TPSA) is 66.6 Å². The molecule has 1 aromatic heterocycles.